The Balaban J connectivity index is 0.000000129. The van der Waals surface area contributed by atoms with Gasteiger partial charge in [0.15, 0.2) is 23.0 Å². The van der Waals surface area contributed by atoms with Crippen LogP contribution in [0.1, 0.15) is 96.3 Å². The summed E-state index contributed by atoms with van der Waals surface area (Å²) in [6, 6.07) is 36.0. The molecule has 0 radical (unpaired) electrons. The highest BCUT2D eigenvalue weighted by molar-refractivity contribution is 9.10. The topological polar surface area (TPSA) is 74.1 Å². The van der Waals surface area contributed by atoms with Gasteiger partial charge in [0.2, 0.25) is 0 Å². The van der Waals surface area contributed by atoms with Crippen LogP contribution in [0.25, 0.3) is 37.2 Å². The third-order valence-electron chi connectivity index (χ3n) is 15.4. The zero-order chi connectivity index (χ0) is 47.3. The average molecular weight is 1040 g/mol. The normalized spacial score (nSPS) is 24.8. The van der Waals surface area contributed by atoms with Crippen LogP contribution in [0, 0.1) is 48.0 Å². The minimum absolute atomic E-state index is 0.128. The molecule has 7 unspecified atom stereocenters. The minimum atomic E-state index is 0.128. The predicted octanol–water partition coefficient (Wildman–Crippen LogP) is 13.9. The molecule has 3 aliphatic heterocycles. The monoisotopic (exact) mass is 1030 g/mol. The quantitative estimate of drug-likeness (QED) is 0.109. The fourth-order valence-electron chi connectivity index (χ4n) is 10.8. The molecule has 3 saturated heterocycles. The van der Waals surface area contributed by atoms with E-state index in [4.69, 9.17) is 6.57 Å². The molecule has 6 aromatic carbocycles. The number of nitrogens with zero attached hydrogens (tertiary/aromatic N) is 3. The van der Waals surface area contributed by atoms with Gasteiger partial charge in [-0.25, -0.2) is 4.85 Å². The zero-order valence-electron chi connectivity index (χ0n) is 39.6. The van der Waals surface area contributed by atoms with Crippen molar-refractivity contribution in [3.8, 4) is 0 Å². The smallest absolute Gasteiger partial charge is 0.187 e. The molecule has 9 heteroatoms. The van der Waals surface area contributed by atoms with E-state index in [1.54, 1.807) is 0 Å². The highest BCUT2D eigenvalue weighted by Gasteiger charge is 2.37. The molecule has 0 bridgehead atoms. The van der Waals surface area contributed by atoms with Gasteiger partial charge in [-0.15, -0.1) is 0 Å². The molecule has 1 N–H and O–H groups in total. The lowest BCUT2D eigenvalue weighted by atomic mass is 9.89. The van der Waals surface area contributed by atoms with Gasteiger partial charge in [0.1, 0.15) is 0 Å². The fraction of sp³-hybridized carbons (Fsp3) is 0.424. The summed E-state index contributed by atoms with van der Waals surface area (Å²) in [6.45, 7) is 20.2. The van der Waals surface area contributed by atoms with Gasteiger partial charge in [-0.2, -0.15) is 0 Å². The molecule has 5 fully saturated rings. The summed E-state index contributed by atoms with van der Waals surface area (Å²) >= 11 is 6.97. The largest absolute Gasteiger partial charge is 0.316 e. The van der Waals surface area contributed by atoms with Crippen molar-refractivity contribution in [2.75, 3.05) is 52.4 Å². The van der Waals surface area contributed by atoms with E-state index >= 15 is 0 Å². The van der Waals surface area contributed by atoms with Crippen LogP contribution in [0.2, 0.25) is 0 Å². The second-order valence-electron chi connectivity index (χ2n) is 20.6. The van der Waals surface area contributed by atoms with Crippen LogP contribution in [0.5, 0.6) is 0 Å². The highest BCUT2D eigenvalue weighted by atomic mass is 79.9. The Hall–Kier alpha value is -4.56. The summed E-state index contributed by atoms with van der Waals surface area (Å²) in [5, 5.41) is 9.97. The number of hydrogen-bond acceptors (Lipinski definition) is 6. The van der Waals surface area contributed by atoms with Crippen molar-refractivity contribution in [1.29, 1.82) is 0 Å². The number of piperidine rings is 3. The molecule has 3 heterocycles. The van der Waals surface area contributed by atoms with E-state index in [1.165, 1.54) is 37.9 Å². The van der Waals surface area contributed by atoms with Crippen molar-refractivity contribution in [2.24, 2.45) is 41.4 Å². The number of ketones is 3. The van der Waals surface area contributed by atoms with Gasteiger partial charge >= 0.3 is 0 Å². The van der Waals surface area contributed by atoms with Crippen molar-refractivity contribution in [3.05, 3.63) is 146 Å². The van der Waals surface area contributed by atoms with E-state index in [2.05, 4.69) is 102 Å². The third kappa shape index (κ3) is 12.2. The van der Waals surface area contributed by atoms with Crippen LogP contribution in [-0.4, -0.2) is 79.5 Å². The summed E-state index contributed by atoms with van der Waals surface area (Å²) in [5.41, 5.74) is 3.17. The molecule has 68 heavy (non-hydrogen) atoms. The standard InChI is InChI=1S/C22H24N2O.C21H24BrNO.C16H16BrNO/c1-15-10-20(15)14-24-9-3-4-19(13-24)22(25)18-6-5-17-12-21(23-2)8-7-16(17)11-18;1-14-9-19(14)13-23-8-2-3-18(12-23)21(24)17-5-4-16-11-20(22)7-6-15(16)10-17;17-15-6-5-11-8-13(4-3-12(11)9-15)16(19)14-2-1-7-18-10-14/h5-8,11-12,15,19-20H,3-4,9-10,13-14H2,1H3;4-7,10-11,14,18-19H,2-3,8-9,12-13H2,1H3;3-6,8-9,14,18H,1-2,7,10H2. The van der Waals surface area contributed by atoms with Crippen LogP contribution >= 0.6 is 31.9 Å². The Morgan fingerprint density at radius 1 is 0.559 bits per heavy atom. The molecular formula is C59H64Br2N4O3. The van der Waals surface area contributed by atoms with Gasteiger partial charge in [-0.3, -0.25) is 14.4 Å². The lowest BCUT2D eigenvalue weighted by Crippen LogP contribution is -2.39. The second-order valence-corrected chi connectivity index (χ2v) is 22.4. The number of halogens is 2. The number of likely N-dealkylation sites (tertiary alicyclic amines) is 2. The SMILES string of the molecule is CC1CC1CN1CCCC(C(=O)c2ccc3cc(Br)ccc3c2)C1.O=C(c1ccc2cc(Br)ccc2c1)C1CCCNC1.[C-]#[N+]c1ccc2cc(C(=O)C3CCCN(CC4CC4C)C3)ccc2c1. The van der Waals surface area contributed by atoms with Crippen LogP contribution < -0.4 is 5.32 Å². The highest BCUT2D eigenvalue weighted by Crippen LogP contribution is 2.40. The number of benzene rings is 6. The van der Waals surface area contributed by atoms with E-state index in [-0.39, 0.29) is 29.3 Å². The Labute approximate surface area is 419 Å². The summed E-state index contributed by atoms with van der Waals surface area (Å²) < 4.78 is 2.14. The average Bonchev–Trinajstić information content (AvgIpc) is 4.28. The van der Waals surface area contributed by atoms with Crippen molar-refractivity contribution in [3.63, 3.8) is 0 Å². The van der Waals surface area contributed by atoms with Crippen LogP contribution in [0.3, 0.4) is 0 Å². The van der Waals surface area contributed by atoms with Gasteiger partial charge in [0.05, 0.1) is 6.57 Å². The summed E-state index contributed by atoms with van der Waals surface area (Å²) in [6.07, 6.45) is 9.14. The Morgan fingerprint density at radius 2 is 0.956 bits per heavy atom. The van der Waals surface area contributed by atoms with E-state index < -0.39 is 0 Å². The fourth-order valence-corrected chi connectivity index (χ4v) is 11.6. The molecule has 11 rings (SSSR count). The van der Waals surface area contributed by atoms with Crippen molar-refractivity contribution in [2.45, 2.75) is 65.2 Å². The van der Waals surface area contributed by atoms with Crippen molar-refractivity contribution >= 4 is 87.2 Å². The number of carbonyl (C=O) groups excluding carboxylic acids is 3. The molecule has 0 amide bonds. The maximum Gasteiger partial charge on any atom is 0.187 e. The molecule has 5 aliphatic rings. The lowest BCUT2D eigenvalue weighted by molar-refractivity contribution is 0.0807. The lowest BCUT2D eigenvalue weighted by Gasteiger charge is -2.32. The molecule has 7 atom stereocenters. The van der Waals surface area contributed by atoms with Crippen molar-refractivity contribution < 1.29 is 14.4 Å². The Kier molecular flexibility index (Phi) is 15.7. The van der Waals surface area contributed by atoms with E-state index in [9.17, 15) is 14.4 Å². The number of Topliss-reactive ketones (excluding diaryl/α,β-unsaturated/α-hetero) is 3. The first-order valence-corrected chi connectivity index (χ1v) is 26.6. The van der Waals surface area contributed by atoms with Gasteiger partial charge in [-0.1, -0.05) is 106 Å². The molecule has 0 aromatic heterocycles. The molecule has 352 valence electrons. The predicted molar refractivity (Wildman–Crippen MR) is 285 cm³/mol. The summed E-state index contributed by atoms with van der Waals surface area (Å²) in [7, 11) is 0. The van der Waals surface area contributed by atoms with Crippen LogP contribution in [0.15, 0.2) is 118 Å². The number of hydrogen-bond donors (Lipinski definition) is 1. The third-order valence-corrected chi connectivity index (χ3v) is 16.4. The van der Waals surface area contributed by atoms with Gasteiger partial charge in [0.25, 0.3) is 0 Å². The van der Waals surface area contributed by atoms with E-state index in [0.717, 1.165) is 147 Å². The maximum atomic E-state index is 13.0. The number of carbonyl (C=O) groups is 3. The molecule has 7 nitrogen and oxygen atoms in total. The Bertz CT molecular complexity index is 2850. The number of nitrogens with one attached hydrogen (secondary N) is 1. The number of rotatable bonds is 10. The maximum absolute atomic E-state index is 13.0. The first-order valence-electron chi connectivity index (χ1n) is 25.1. The summed E-state index contributed by atoms with van der Waals surface area (Å²) in [4.78, 5) is 47.0. The molecule has 0 spiro atoms. The number of fused-ring (bicyclic) bond motifs is 3. The van der Waals surface area contributed by atoms with Gasteiger partial charge < -0.3 is 15.1 Å². The van der Waals surface area contributed by atoms with Crippen molar-refractivity contribution in [1.82, 2.24) is 15.1 Å². The molecule has 2 aliphatic carbocycles. The first-order chi connectivity index (χ1) is 33.0. The minimum Gasteiger partial charge on any atom is -0.316 e. The molecular weight excluding hydrogens is 972 g/mol. The summed E-state index contributed by atoms with van der Waals surface area (Å²) in [5.74, 6) is 4.81. The molecule has 6 aromatic rings. The Morgan fingerprint density at radius 3 is 1.38 bits per heavy atom. The van der Waals surface area contributed by atoms with Crippen LogP contribution in [0.4, 0.5) is 5.69 Å². The first kappa shape index (κ1) is 48.5. The van der Waals surface area contributed by atoms with Gasteiger partial charge in [0, 0.05) is 76.1 Å². The second kappa shape index (κ2) is 22.0. The van der Waals surface area contributed by atoms with E-state index in [0.29, 0.717) is 11.5 Å². The van der Waals surface area contributed by atoms with E-state index in [1.807, 2.05) is 72.8 Å². The molecule has 2 saturated carbocycles. The zero-order valence-corrected chi connectivity index (χ0v) is 42.7. The van der Waals surface area contributed by atoms with Crippen LogP contribution in [-0.2, 0) is 0 Å². The van der Waals surface area contributed by atoms with Gasteiger partial charge in [-0.05, 0) is 176 Å².